The number of hydrogen-bond acceptors (Lipinski definition) is 5. The lowest BCUT2D eigenvalue weighted by Gasteiger charge is -2.07. The predicted molar refractivity (Wildman–Crippen MR) is 84.5 cm³/mol. The lowest BCUT2D eigenvalue weighted by atomic mass is 10.2. The molecular formula is C14H13ClN4OS. The molecule has 1 atom stereocenters. The molecule has 1 heterocycles. The van der Waals surface area contributed by atoms with E-state index in [0.29, 0.717) is 10.2 Å². The van der Waals surface area contributed by atoms with Crippen LogP contribution < -0.4 is 5.43 Å². The highest BCUT2D eigenvalue weighted by Gasteiger charge is 2.14. The van der Waals surface area contributed by atoms with Crippen molar-refractivity contribution in [2.45, 2.75) is 17.3 Å². The Hall–Kier alpha value is -1.92. The van der Waals surface area contributed by atoms with Crippen LogP contribution in [-0.2, 0) is 4.79 Å². The number of thioether (sulfide) groups is 1. The van der Waals surface area contributed by atoms with Crippen molar-refractivity contribution in [3.63, 3.8) is 0 Å². The van der Waals surface area contributed by atoms with Gasteiger partial charge in [0.25, 0.3) is 5.91 Å². The Morgan fingerprint density at radius 1 is 1.33 bits per heavy atom. The summed E-state index contributed by atoms with van der Waals surface area (Å²) in [7, 11) is 0. The fraction of sp³-hybridized carbons (Fsp3) is 0.143. The molecule has 0 fully saturated rings. The maximum Gasteiger partial charge on any atom is 0.253 e. The molecule has 0 aliphatic carbocycles. The summed E-state index contributed by atoms with van der Waals surface area (Å²) in [6.45, 7) is 1.77. The van der Waals surface area contributed by atoms with Crippen LogP contribution in [0, 0.1) is 0 Å². The van der Waals surface area contributed by atoms with E-state index in [-0.39, 0.29) is 11.2 Å². The van der Waals surface area contributed by atoms with Gasteiger partial charge in [0, 0.05) is 23.0 Å². The molecule has 1 aromatic carbocycles. The van der Waals surface area contributed by atoms with Gasteiger partial charge in [-0.2, -0.15) is 5.10 Å². The Labute approximate surface area is 131 Å². The van der Waals surface area contributed by atoms with Crippen LogP contribution in [0.4, 0.5) is 0 Å². The second-order valence-corrected chi connectivity index (χ2v) is 5.76. The Morgan fingerprint density at radius 3 is 2.76 bits per heavy atom. The first-order valence-corrected chi connectivity index (χ1v) is 7.43. The number of carbonyl (C=O) groups is 1. The zero-order chi connectivity index (χ0) is 15.1. The van der Waals surface area contributed by atoms with Crippen LogP contribution in [-0.4, -0.2) is 27.3 Å². The van der Waals surface area contributed by atoms with Crippen LogP contribution in [0.2, 0.25) is 5.02 Å². The third-order valence-corrected chi connectivity index (χ3v) is 3.81. The number of hydrazone groups is 1. The van der Waals surface area contributed by atoms with Gasteiger partial charge in [0.1, 0.15) is 0 Å². The number of benzene rings is 1. The number of amides is 1. The van der Waals surface area contributed by atoms with Crippen molar-refractivity contribution in [3.8, 4) is 0 Å². The minimum Gasteiger partial charge on any atom is -0.272 e. The first kappa shape index (κ1) is 15.5. The Balaban J connectivity index is 1.88. The molecule has 1 amide bonds. The molecule has 2 rings (SSSR count). The van der Waals surface area contributed by atoms with Gasteiger partial charge >= 0.3 is 0 Å². The summed E-state index contributed by atoms with van der Waals surface area (Å²) in [5, 5.41) is 4.68. The Kier molecular flexibility index (Phi) is 5.71. The van der Waals surface area contributed by atoms with Crippen molar-refractivity contribution in [1.29, 1.82) is 0 Å². The highest BCUT2D eigenvalue weighted by atomic mass is 35.5. The Bertz CT molecular complexity index is 636. The van der Waals surface area contributed by atoms with Crippen LogP contribution in [0.5, 0.6) is 0 Å². The summed E-state index contributed by atoms with van der Waals surface area (Å²) in [4.78, 5) is 20.0. The normalized spacial score (nSPS) is 12.3. The van der Waals surface area contributed by atoms with Crippen molar-refractivity contribution < 1.29 is 4.79 Å². The van der Waals surface area contributed by atoms with E-state index in [1.165, 1.54) is 18.0 Å². The van der Waals surface area contributed by atoms with E-state index in [9.17, 15) is 4.79 Å². The van der Waals surface area contributed by atoms with Gasteiger partial charge in [-0.05, 0) is 19.1 Å². The van der Waals surface area contributed by atoms with E-state index in [1.807, 2.05) is 18.2 Å². The molecule has 0 aliphatic heterocycles. The molecule has 7 heteroatoms. The van der Waals surface area contributed by atoms with E-state index >= 15 is 0 Å². The zero-order valence-electron chi connectivity index (χ0n) is 11.2. The van der Waals surface area contributed by atoms with Gasteiger partial charge in [-0.25, -0.2) is 15.4 Å². The minimum absolute atomic E-state index is 0.226. The smallest absolute Gasteiger partial charge is 0.253 e. The highest BCUT2D eigenvalue weighted by Crippen LogP contribution is 2.18. The topological polar surface area (TPSA) is 67.2 Å². The van der Waals surface area contributed by atoms with Gasteiger partial charge in [-0.15, -0.1) is 0 Å². The molecule has 21 heavy (non-hydrogen) atoms. The molecule has 108 valence electrons. The molecule has 0 radical (unpaired) electrons. The molecule has 2 aromatic rings. The quantitative estimate of drug-likeness (QED) is 0.398. The SMILES string of the molecule is C[C@@H](Sc1ncccn1)C(=O)N/N=C\c1ccccc1Cl. The summed E-state index contributed by atoms with van der Waals surface area (Å²) in [5.41, 5.74) is 3.22. The third kappa shape index (κ3) is 4.84. The lowest BCUT2D eigenvalue weighted by Crippen LogP contribution is -2.27. The van der Waals surface area contributed by atoms with Crippen molar-refractivity contribution in [1.82, 2.24) is 15.4 Å². The van der Waals surface area contributed by atoms with E-state index in [0.717, 1.165) is 5.56 Å². The molecule has 1 N–H and O–H groups in total. The standard InChI is InChI=1S/C14H13ClN4OS/c1-10(21-14-16-7-4-8-17-14)13(20)19-18-9-11-5-2-3-6-12(11)15/h2-10H,1H3,(H,19,20)/b18-9-/t10-/m1/s1. The number of aromatic nitrogens is 2. The monoisotopic (exact) mass is 320 g/mol. The summed E-state index contributed by atoms with van der Waals surface area (Å²) in [6, 6.07) is 8.98. The van der Waals surface area contributed by atoms with Crippen molar-refractivity contribution in [2.75, 3.05) is 0 Å². The maximum atomic E-state index is 11.9. The van der Waals surface area contributed by atoms with Gasteiger partial charge in [-0.1, -0.05) is 41.6 Å². The number of halogens is 1. The largest absolute Gasteiger partial charge is 0.272 e. The second-order valence-electron chi connectivity index (χ2n) is 4.05. The van der Waals surface area contributed by atoms with Crippen molar-refractivity contribution in [3.05, 3.63) is 53.3 Å². The molecule has 0 spiro atoms. The molecule has 0 aliphatic rings. The van der Waals surface area contributed by atoms with Crippen molar-refractivity contribution in [2.24, 2.45) is 5.10 Å². The van der Waals surface area contributed by atoms with Crippen LogP contribution in [0.15, 0.2) is 53.0 Å². The maximum absolute atomic E-state index is 11.9. The number of rotatable bonds is 5. The van der Waals surface area contributed by atoms with Crippen LogP contribution in [0.25, 0.3) is 0 Å². The predicted octanol–water partition coefficient (Wildman–Crippen LogP) is 2.76. The summed E-state index contributed by atoms with van der Waals surface area (Å²) >= 11 is 7.25. The van der Waals surface area contributed by atoms with Gasteiger partial charge in [0.2, 0.25) is 0 Å². The first-order valence-electron chi connectivity index (χ1n) is 6.18. The van der Waals surface area contributed by atoms with E-state index in [1.54, 1.807) is 31.5 Å². The van der Waals surface area contributed by atoms with E-state index in [2.05, 4.69) is 20.5 Å². The average Bonchev–Trinajstić information content (AvgIpc) is 2.50. The summed E-state index contributed by atoms with van der Waals surface area (Å²) in [6.07, 6.45) is 4.78. The fourth-order valence-electron chi connectivity index (χ4n) is 1.39. The van der Waals surface area contributed by atoms with Crippen LogP contribution >= 0.6 is 23.4 Å². The number of nitrogens with zero attached hydrogens (tertiary/aromatic N) is 3. The lowest BCUT2D eigenvalue weighted by molar-refractivity contribution is -0.120. The van der Waals surface area contributed by atoms with Gasteiger partial charge in [0.05, 0.1) is 11.5 Å². The fourth-order valence-corrected chi connectivity index (χ4v) is 2.30. The molecule has 0 saturated heterocycles. The zero-order valence-corrected chi connectivity index (χ0v) is 12.8. The average molecular weight is 321 g/mol. The Morgan fingerprint density at radius 2 is 2.05 bits per heavy atom. The molecule has 0 bridgehead atoms. The number of nitrogens with one attached hydrogen (secondary N) is 1. The van der Waals surface area contributed by atoms with Gasteiger partial charge in [0.15, 0.2) is 5.16 Å². The minimum atomic E-state index is -0.351. The third-order valence-electron chi connectivity index (χ3n) is 2.48. The van der Waals surface area contributed by atoms with Gasteiger partial charge < -0.3 is 0 Å². The molecule has 1 aromatic heterocycles. The van der Waals surface area contributed by atoms with E-state index < -0.39 is 0 Å². The van der Waals surface area contributed by atoms with E-state index in [4.69, 9.17) is 11.6 Å². The molecule has 0 saturated carbocycles. The number of hydrogen-bond donors (Lipinski definition) is 1. The molecular weight excluding hydrogens is 308 g/mol. The first-order chi connectivity index (χ1) is 10.2. The van der Waals surface area contributed by atoms with Gasteiger partial charge in [-0.3, -0.25) is 4.79 Å². The summed E-state index contributed by atoms with van der Waals surface area (Å²) < 4.78 is 0. The van der Waals surface area contributed by atoms with Crippen LogP contribution in [0.3, 0.4) is 0 Å². The van der Waals surface area contributed by atoms with Crippen LogP contribution in [0.1, 0.15) is 12.5 Å². The second kappa shape index (κ2) is 7.75. The van der Waals surface area contributed by atoms with Crippen molar-refractivity contribution >= 4 is 35.5 Å². The highest BCUT2D eigenvalue weighted by molar-refractivity contribution is 8.00. The number of carbonyl (C=O) groups excluding carboxylic acids is 1. The molecule has 5 nitrogen and oxygen atoms in total. The summed E-state index contributed by atoms with van der Waals surface area (Å²) in [5.74, 6) is -0.226. The molecule has 0 unspecified atom stereocenters.